The number of carbonyl (C=O) groups excluding carboxylic acids is 2. The number of hydrogen-bond donors (Lipinski definition) is 1. The number of benzene rings is 1. The van der Waals surface area contributed by atoms with Crippen molar-refractivity contribution in [1.29, 1.82) is 0 Å². The molecule has 112 valence electrons. The molecule has 4 heteroatoms. The molecule has 4 nitrogen and oxygen atoms in total. The van der Waals surface area contributed by atoms with E-state index in [1.165, 1.54) is 12.8 Å². The zero-order valence-electron chi connectivity index (χ0n) is 12.4. The summed E-state index contributed by atoms with van der Waals surface area (Å²) in [6.07, 6.45) is 3.95. The van der Waals surface area contributed by atoms with Crippen molar-refractivity contribution in [3.63, 3.8) is 0 Å². The number of carbonyl (C=O) groups is 2. The molecular weight excluding hydrogens is 264 g/mol. The lowest BCUT2D eigenvalue weighted by Crippen LogP contribution is -2.59. The van der Waals surface area contributed by atoms with Gasteiger partial charge in [0, 0.05) is 6.54 Å². The number of hydrogen-bond acceptors (Lipinski definition) is 2. The quantitative estimate of drug-likeness (QED) is 0.902. The van der Waals surface area contributed by atoms with Crippen molar-refractivity contribution < 1.29 is 9.59 Å². The summed E-state index contributed by atoms with van der Waals surface area (Å²) in [7, 11) is 0. The van der Waals surface area contributed by atoms with Gasteiger partial charge in [-0.1, -0.05) is 43.7 Å². The molecule has 1 aliphatic heterocycles. The summed E-state index contributed by atoms with van der Waals surface area (Å²) in [5.74, 6) is 0.616. The van der Waals surface area contributed by atoms with Crippen LogP contribution < -0.4 is 5.32 Å². The van der Waals surface area contributed by atoms with Crippen LogP contribution in [-0.4, -0.2) is 29.3 Å². The number of nitrogens with zero attached hydrogens (tertiary/aromatic N) is 1. The lowest BCUT2D eigenvalue weighted by molar-refractivity contribution is -0.150. The largest absolute Gasteiger partial charge is 0.342 e. The topological polar surface area (TPSA) is 49.4 Å². The van der Waals surface area contributed by atoms with Crippen LogP contribution in [0.1, 0.15) is 44.2 Å². The molecule has 1 N–H and O–H groups in total. The third-order valence-corrected chi connectivity index (χ3v) is 4.30. The van der Waals surface area contributed by atoms with Crippen molar-refractivity contribution in [3.8, 4) is 0 Å². The molecule has 1 aromatic rings. The van der Waals surface area contributed by atoms with E-state index in [0.717, 1.165) is 12.0 Å². The van der Waals surface area contributed by atoms with E-state index in [4.69, 9.17) is 0 Å². The summed E-state index contributed by atoms with van der Waals surface area (Å²) in [5.41, 5.74) is 0.902. The van der Waals surface area contributed by atoms with Crippen LogP contribution in [0.3, 0.4) is 0 Å². The fourth-order valence-corrected chi connectivity index (χ4v) is 3.01. The zero-order chi connectivity index (χ0) is 14.8. The molecule has 0 radical (unpaired) electrons. The van der Waals surface area contributed by atoms with Crippen LogP contribution in [0, 0.1) is 5.92 Å². The minimum absolute atomic E-state index is 0.0418. The highest BCUT2D eigenvalue weighted by atomic mass is 16.2. The zero-order valence-corrected chi connectivity index (χ0v) is 12.4. The molecule has 1 saturated heterocycles. The average molecular weight is 286 g/mol. The van der Waals surface area contributed by atoms with Gasteiger partial charge in [-0.25, -0.2) is 0 Å². The maximum absolute atomic E-state index is 12.7. The lowest BCUT2D eigenvalue weighted by Gasteiger charge is -2.39. The highest BCUT2D eigenvalue weighted by Crippen LogP contribution is 2.35. The number of nitrogens with one attached hydrogen (secondary N) is 1. The van der Waals surface area contributed by atoms with E-state index in [2.05, 4.69) is 5.32 Å². The van der Waals surface area contributed by atoms with E-state index >= 15 is 0 Å². The SMILES string of the molecule is CCCC1NC(=O)C(c2ccccc2)N(CC2CC2)C1=O. The van der Waals surface area contributed by atoms with Gasteiger partial charge in [0.2, 0.25) is 11.8 Å². The standard InChI is InChI=1S/C17H22N2O2/c1-2-6-14-17(21)19(11-12-9-10-12)15(16(20)18-14)13-7-4-3-5-8-13/h3-5,7-8,12,14-15H,2,6,9-11H2,1H3,(H,18,20). The van der Waals surface area contributed by atoms with Crippen LogP contribution in [-0.2, 0) is 9.59 Å². The maximum Gasteiger partial charge on any atom is 0.248 e. The Morgan fingerprint density at radius 3 is 2.52 bits per heavy atom. The Kier molecular flexibility index (Phi) is 3.95. The summed E-state index contributed by atoms with van der Waals surface area (Å²) >= 11 is 0. The molecule has 2 aliphatic rings. The van der Waals surface area contributed by atoms with Crippen molar-refractivity contribution in [2.75, 3.05) is 6.54 Å². The fourth-order valence-electron chi connectivity index (χ4n) is 3.01. The summed E-state index contributed by atoms with van der Waals surface area (Å²) in [6, 6.07) is 8.81. The van der Waals surface area contributed by atoms with Gasteiger partial charge in [0.1, 0.15) is 12.1 Å². The lowest BCUT2D eigenvalue weighted by atomic mass is 9.97. The summed E-state index contributed by atoms with van der Waals surface area (Å²) in [5, 5.41) is 2.91. The first-order valence-corrected chi connectivity index (χ1v) is 7.86. The van der Waals surface area contributed by atoms with Gasteiger partial charge in [0.05, 0.1) is 0 Å². The van der Waals surface area contributed by atoms with Gasteiger partial charge < -0.3 is 10.2 Å². The van der Waals surface area contributed by atoms with Crippen LogP contribution >= 0.6 is 0 Å². The molecule has 0 aromatic heterocycles. The van der Waals surface area contributed by atoms with Gasteiger partial charge in [-0.15, -0.1) is 0 Å². The van der Waals surface area contributed by atoms with E-state index in [-0.39, 0.29) is 17.9 Å². The highest BCUT2D eigenvalue weighted by Gasteiger charge is 2.42. The van der Waals surface area contributed by atoms with Gasteiger partial charge >= 0.3 is 0 Å². The molecule has 0 bridgehead atoms. The van der Waals surface area contributed by atoms with Crippen molar-refractivity contribution in [2.24, 2.45) is 5.92 Å². The molecule has 21 heavy (non-hydrogen) atoms. The Morgan fingerprint density at radius 2 is 1.90 bits per heavy atom. The van der Waals surface area contributed by atoms with Crippen LogP contribution in [0.15, 0.2) is 30.3 Å². The molecule has 2 amide bonds. The van der Waals surface area contributed by atoms with Crippen molar-refractivity contribution in [3.05, 3.63) is 35.9 Å². The number of piperazine rings is 1. The molecular formula is C17H22N2O2. The van der Waals surface area contributed by atoms with Gasteiger partial charge in [-0.2, -0.15) is 0 Å². The first-order chi connectivity index (χ1) is 10.2. The summed E-state index contributed by atoms with van der Waals surface area (Å²) < 4.78 is 0. The summed E-state index contributed by atoms with van der Waals surface area (Å²) in [6.45, 7) is 2.75. The molecule has 2 atom stereocenters. The molecule has 2 fully saturated rings. The van der Waals surface area contributed by atoms with Gasteiger partial charge in [0.25, 0.3) is 0 Å². The second-order valence-electron chi connectivity index (χ2n) is 6.10. The van der Waals surface area contributed by atoms with E-state index in [1.54, 1.807) is 0 Å². The fraction of sp³-hybridized carbons (Fsp3) is 0.529. The molecule has 1 heterocycles. The molecule has 1 aliphatic carbocycles. The predicted octanol–water partition coefficient (Wildman–Crippen LogP) is 2.26. The molecule has 3 rings (SSSR count). The van der Waals surface area contributed by atoms with Crippen LogP contribution in [0.25, 0.3) is 0 Å². The Bertz CT molecular complexity index is 525. The van der Waals surface area contributed by atoms with E-state index in [0.29, 0.717) is 18.9 Å². The molecule has 2 unspecified atom stereocenters. The third-order valence-electron chi connectivity index (χ3n) is 4.30. The van der Waals surface area contributed by atoms with Crippen LogP contribution in [0.4, 0.5) is 0 Å². The first kappa shape index (κ1) is 14.1. The van der Waals surface area contributed by atoms with Crippen LogP contribution in [0.5, 0.6) is 0 Å². The Hall–Kier alpha value is -1.84. The highest BCUT2D eigenvalue weighted by molar-refractivity contribution is 5.97. The maximum atomic E-state index is 12.7. The second-order valence-corrected chi connectivity index (χ2v) is 6.10. The Balaban J connectivity index is 1.88. The van der Waals surface area contributed by atoms with E-state index in [9.17, 15) is 9.59 Å². The number of rotatable bonds is 5. The minimum Gasteiger partial charge on any atom is -0.342 e. The van der Waals surface area contributed by atoms with Crippen molar-refractivity contribution in [1.82, 2.24) is 10.2 Å². The van der Waals surface area contributed by atoms with Crippen molar-refractivity contribution >= 4 is 11.8 Å². The van der Waals surface area contributed by atoms with Crippen molar-refractivity contribution in [2.45, 2.75) is 44.7 Å². The minimum atomic E-state index is -0.465. The average Bonchev–Trinajstić information content (AvgIpc) is 3.29. The third kappa shape index (κ3) is 2.94. The van der Waals surface area contributed by atoms with Gasteiger partial charge in [-0.05, 0) is 30.7 Å². The molecule has 1 aromatic carbocycles. The predicted molar refractivity (Wildman–Crippen MR) is 80.5 cm³/mol. The molecule has 1 saturated carbocycles. The van der Waals surface area contributed by atoms with Crippen LogP contribution in [0.2, 0.25) is 0 Å². The molecule has 0 spiro atoms. The Morgan fingerprint density at radius 1 is 1.19 bits per heavy atom. The normalized spacial score (nSPS) is 25.9. The second kappa shape index (κ2) is 5.88. The Labute approximate surface area is 125 Å². The van der Waals surface area contributed by atoms with E-state index in [1.807, 2.05) is 42.2 Å². The first-order valence-electron chi connectivity index (χ1n) is 7.86. The summed E-state index contributed by atoms with van der Waals surface area (Å²) in [4.78, 5) is 27.1. The number of amides is 2. The monoisotopic (exact) mass is 286 g/mol. The van der Waals surface area contributed by atoms with E-state index < -0.39 is 6.04 Å². The smallest absolute Gasteiger partial charge is 0.248 e. The van der Waals surface area contributed by atoms with Gasteiger partial charge in [-0.3, -0.25) is 9.59 Å². The van der Waals surface area contributed by atoms with Gasteiger partial charge in [0.15, 0.2) is 0 Å².